The van der Waals surface area contributed by atoms with Crippen molar-refractivity contribution in [3.8, 4) is 11.5 Å². The molecule has 2 aromatic carbocycles. The molecule has 1 N–H and O–H groups in total. The monoisotopic (exact) mass is 446 g/mol. The summed E-state index contributed by atoms with van der Waals surface area (Å²) in [4.78, 5) is 12.9. The highest BCUT2D eigenvalue weighted by Gasteiger charge is 2.34. The summed E-state index contributed by atoms with van der Waals surface area (Å²) in [6.45, 7) is 1.72. The maximum Gasteiger partial charge on any atom is 0.243 e. The fourth-order valence-corrected chi connectivity index (χ4v) is 5.53. The predicted molar refractivity (Wildman–Crippen MR) is 120 cm³/mol. The molecule has 0 aromatic heterocycles. The molecule has 3 rings (SSSR count). The molecule has 1 aliphatic carbocycles. The highest BCUT2D eigenvalue weighted by Crippen LogP contribution is 2.33. The van der Waals surface area contributed by atoms with E-state index in [9.17, 15) is 13.2 Å². The molecule has 2 aromatic rings. The van der Waals surface area contributed by atoms with Crippen molar-refractivity contribution in [1.29, 1.82) is 0 Å². The average Bonchev–Trinajstić information content (AvgIpc) is 2.79. The molecule has 0 unspecified atom stereocenters. The zero-order chi connectivity index (χ0) is 22.4. The third kappa shape index (κ3) is 5.57. The zero-order valence-corrected chi connectivity index (χ0v) is 19.1. The van der Waals surface area contributed by atoms with Crippen molar-refractivity contribution in [2.75, 3.05) is 26.1 Å². The molecule has 0 radical (unpaired) electrons. The Balaban J connectivity index is 1.88. The number of nitrogens with one attached hydrogen (secondary N) is 1. The van der Waals surface area contributed by atoms with Crippen LogP contribution in [0.3, 0.4) is 0 Å². The van der Waals surface area contributed by atoms with E-state index in [0.717, 1.165) is 37.7 Å². The number of amides is 1. The Labute approximate surface area is 184 Å². The van der Waals surface area contributed by atoms with E-state index in [2.05, 4.69) is 5.32 Å². The van der Waals surface area contributed by atoms with Crippen molar-refractivity contribution in [3.05, 3.63) is 48.0 Å². The van der Waals surface area contributed by atoms with Gasteiger partial charge in [0.2, 0.25) is 15.9 Å². The lowest BCUT2D eigenvalue weighted by molar-refractivity contribution is -0.116. The largest absolute Gasteiger partial charge is 0.493 e. The molecule has 7 nitrogen and oxygen atoms in total. The number of hydrogen-bond donors (Lipinski definition) is 1. The van der Waals surface area contributed by atoms with Gasteiger partial charge in [0, 0.05) is 17.8 Å². The number of carbonyl (C=O) groups excluding carboxylic acids is 1. The summed E-state index contributed by atoms with van der Waals surface area (Å²) in [5.41, 5.74) is 1.72. The van der Waals surface area contributed by atoms with E-state index in [-0.39, 0.29) is 23.4 Å². The molecule has 1 fully saturated rings. The molecule has 168 valence electrons. The van der Waals surface area contributed by atoms with Crippen LogP contribution in [0.5, 0.6) is 11.5 Å². The van der Waals surface area contributed by atoms with Crippen LogP contribution in [-0.2, 0) is 14.8 Å². The van der Waals surface area contributed by atoms with E-state index in [1.165, 1.54) is 30.7 Å². The number of nitrogens with zero attached hydrogens (tertiary/aromatic N) is 1. The maximum absolute atomic E-state index is 13.6. The Morgan fingerprint density at radius 3 is 2.26 bits per heavy atom. The van der Waals surface area contributed by atoms with Crippen LogP contribution in [0.15, 0.2) is 47.4 Å². The van der Waals surface area contributed by atoms with E-state index in [4.69, 9.17) is 9.47 Å². The zero-order valence-electron chi connectivity index (χ0n) is 18.3. The SMILES string of the molecule is COc1ccc(S(=O)(=O)N(CC(=O)Nc2ccc(C)cc2)C2CCCCC2)cc1OC. The van der Waals surface area contributed by atoms with Gasteiger partial charge in [0.25, 0.3) is 0 Å². The van der Waals surface area contributed by atoms with Gasteiger partial charge < -0.3 is 14.8 Å². The summed E-state index contributed by atoms with van der Waals surface area (Å²) in [5, 5.41) is 2.81. The standard InChI is InChI=1S/C23H30N2O5S/c1-17-9-11-18(12-10-17)24-23(26)16-25(19-7-5-4-6-8-19)31(27,28)20-13-14-21(29-2)22(15-20)30-3/h9-15,19H,4-8,16H2,1-3H3,(H,24,26). The van der Waals surface area contributed by atoms with Gasteiger partial charge in [-0.15, -0.1) is 0 Å². The van der Waals surface area contributed by atoms with Crippen molar-refractivity contribution in [3.63, 3.8) is 0 Å². The van der Waals surface area contributed by atoms with Crippen LogP contribution in [0.25, 0.3) is 0 Å². The Kier molecular flexibility index (Phi) is 7.56. The van der Waals surface area contributed by atoms with Gasteiger partial charge in [-0.2, -0.15) is 4.31 Å². The summed E-state index contributed by atoms with van der Waals surface area (Å²) in [5.74, 6) is 0.414. The number of hydrogen-bond acceptors (Lipinski definition) is 5. The second-order valence-corrected chi connectivity index (χ2v) is 9.66. The molecule has 0 aliphatic heterocycles. The maximum atomic E-state index is 13.6. The molecule has 0 heterocycles. The summed E-state index contributed by atoms with van der Waals surface area (Å²) < 4.78 is 39.0. The molecule has 1 saturated carbocycles. The van der Waals surface area contributed by atoms with Crippen LogP contribution in [0, 0.1) is 6.92 Å². The lowest BCUT2D eigenvalue weighted by Crippen LogP contribution is -2.45. The normalized spacial score (nSPS) is 15.0. The number of anilines is 1. The lowest BCUT2D eigenvalue weighted by Gasteiger charge is -2.33. The van der Waals surface area contributed by atoms with E-state index < -0.39 is 10.0 Å². The van der Waals surface area contributed by atoms with Gasteiger partial charge >= 0.3 is 0 Å². The van der Waals surface area contributed by atoms with Crippen LogP contribution in [0.1, 0.15) is 37.7 Å². The van der Waals surface area contributed by atoms with Gasteiger partial charge in [-0.1, -0.05) is 37.0 Å². The first-order chi connectivity index (χ1) is 14.8. The number of ether oxygens (including phenoxy) is 2. The Morgan fingerprint density at radius 1 is 1.00 bits per heavy atom. The predicted octanol–water partition coefficient (Wildman–Crippen LogP) is 3.97. The van der Waals surface area contributed by atoms with Gasteiger partial charge in [-0.25, -0.2) is 8.42 Å². The van der Waals surface area contributed by atoms with Crippen LogP contribution in [0.2, 0.25) is 0 Å². The third-order valence-electron chi connectivity index (χ3n) is 5.58. The quantitative estimate of drug-likeness (QED) is 0.663. The van der Waals surface area contributed by atoms with Gasteiger partial charge in [0.1, 0.15) is 0 Å². The van der Waals surface area contributed by atoms with Crippen molar-refractivity contribution in [2.45, 2.75) is 50.0 Å². The molecular weight excluding hydrogens is 416 g/mol. The first-order valence-corrected chi connectivity index (χ1v) is 11.9. The number of benzene rings is 2. The Morgan fingerprint density at radius 2 is 1.65 bits per heavy atom. The molecule has 0 atom stereocenters. The van der Waals surface area contributed by atoms with Crippen molar-refractivity contribution in [2.24, 2.45) is 0 Å². The van der Waals surface area contributed by atoms with Gasteiger partial charge in [-0.05, 0) is 44.0 Å². The second kappa shape index (κ2) is 10.2. The van der Waals surface area contributed by atoms with Gasteiger partial charge in [0.05, 0.1) is 25.7 Å². The summed E-state index contributed by atoms with van der Waals surface area (Å²) in [6.07, 6.45) is 4.45. The smallest absolute Gasteiger partial charge is 0.243 e. The topological polar surface area (TPSA) is 84.9 Å². The number of aryl methyl sites for hydroxylation is 1. The summed E-state index contributed by atoms with van der Waals surface area (Å²) in [7, 11) is -0.959. The third-order valence-corrected chi connectivity index (χ3v) is 7.47. The number of sulfonamides is 1. The first kappa shape index (κ1) is 23.1. The highest BCUT2D eigenvalue weighted by atomic mass is 32.2. The Hall–Kier alpha value is -2.58. The van der Waals surface area contributed by atoms with Crippen molar-refractivity contribution >= 4 is 21.6 Å². The molecule has 0 spiro atoms. The minimum Gasteiger partial charge on any atom is -0.493 e. The van der Waals surface area contributed by atoms with E-state index in [1.54, 1.807) is 18.2 Å². The minimum absolute atomic E-state index is 0.0823. The van der Waals surface area contributed by atoms with Gasteiger partial charge in [0.15, 0.2) is 11.5 Å². The lowest BCUT2D eigenvalue weighted by atomic mass is 9.95. The molecule has 1 amide bonds. The number of rotatable bonds is 8. The first-order valence-electron chi connectivity index (χ1n) is 10.5. The van der Waals surface area contributed by atoms with Crippen molar-refractivity contribution in [1.82, 2.24) is 4.31 Å². The Bertz CT molecular complexity index is 999. The van der Waals surface area contributed by atoms with Crippen LogP contribution in [-0.4, -0.2) is 45.4 Å². The summed E-state index contributed by atoms with van der Waals surface area (Å²) in [6, 6.07) is 11.7. The molecule has 0 saturated heterocycles. The van der Waals surface area contributed by atoms with E-state index in [1.807, 2.05) is 19.1 Å². The molecule has 31 heavy (non-hydrogen) atoms. The van der Waals surface area contributed by atoms with Crippen molar-refractivity contribution < 1.29 is 22.7 Å². The molecule has 0 bridgehead atoms. The van der Waals surface area contributed by atoms with Crippen LogP contribution < -0.4 is 14.8 Å². The molecular formula is C23H30N2O5S. The van der Waals surface area contributed by atoms with Crippen LogP contribution >= 0.6 is 0 Å². The van der Waals surface area contributed by atoms with Crippen LogP contribution in [0.4, 0.5) is 5.69 Å². The number of methoxy groups -OCH3 is 2. The molecule has 1 aliphatic rings. The summed E-state index contributed by atoms with van der Waals surface area (Å²) >= 11 is 0. The number of carbonyl (C=O) groups is 1. The second-order valence-electron chi connectivity index (χ2n) is 7.77. The fourth-order valence-electron chi connectivity index (χ4n) is 3.87. The van der Waals surface area contributed by atoms with E-state index in [0.29, 0.717) is 17.2 Å². The fraction of sp³-hybridized carbons (Fsp3) is 0.435. The van der Waals surface area contributed by atoms with Gasteiger partial charge in [-0.3, -0.25) is 4.79 Å². The van der Waals surface area contributed by atoms with E-state index >= 15 is 0 Å². The highest BCUT2D eigenvalue weighted by molar-refractivity contribution is 7.89. The minimum atomic E-state index is -3.92. The average molecular weight is 447 g/mol. The molecule has 8 heteroatoms.